The van der Waals surface area contributed by atoms with Gasteiger partial charge in [0.2, 0.25) is 0 Å². The van der Waals surface area contributed by atoms with Gasteiger partial charge >= 0.3 is 0 Å². The topological polar surface area (TPSA) is 71.2 Å². The van der Waals surface area contributed by atoms with Crippen LogP contribution in [0.3, 0.4) is 0 Å². The Labute approximate surface area is 182 Å². The second-order valence-electron chi connectivity index (χ2n) is 6.62. The number of hydrogen-bond donors (Lipinski definition) is 3. The lowest BCUT2D eigenvalue weighted by atomic mass is 9.80. The summed E-state index contributed by atoms with van der Waals surface area (Å²) >= 11 is 16.0. The van der Waals surface area contributed by atoms with E-state index in [0.29, 0.717) is 33.5 Å². The molecule has 4 nitrogen and oxygen atoms in total. The van der Waals surface area contributed by atoms with Crippen molar-refractivity contribution in [1.82, 2.24) is 4.98 Å². The molecular weight excluding hydrogens is 445 g/mol. The first kappa shape index (κ1) is 21.1. The van der Waals surface area contributed by atoms with E-state index in [1.165, 1.54) is 16.2 Å². The molecule has 9 heteroatoms. The van der Waals surface area contributed by atoms with Gasteiger partial charge in [0.05, 0.1) is 20.3 Å². The van der Waals surface area contributed by atoms with Gasteiger partial charge in [-0.25, -0.2) is 4.98 Å². The SMILES string of the molecule is Cl.N[C@H]1CCCC[C@]1(O)c1sc2c(NCc3cccs3)cc(Cl)nc2c1Cl. The Morgan fingerprint density at radius 1 is 1.37 bits per heavy atom. The van der Waals surface area contributed by atoms with Crippen molar-refractivity contribution >= 4 is 74.2 Å². The van der Waals surface area contributed by atoms with E-state index in [1.807, 2.05) is 11.4 Å². The average molecular weight is 465 g/mol. The molecule has 3 heterocycles. The van der Waals surface area contributed by atoms with Gasteiger partial charge in [0.1, 0.15) is 16.3 Å². The number of halogens is 3. The zero-order valence-electron chi connectivity index (χ0n) is 14.4. The van der Waals surface area contributed by atoms with Crippen molar-refractivity contribution in [3.05, 3.63) is 43.5 Å². The van der Waals surface area contributed by atoms with Crippen molar-refractivity contribution in [2.75, 3.05) is 5.32 Å². The van der Waals surface area contributed by atoms with E-state index in [4.69, 9.17) is 28.9 Å². The molecule has 1 saturated carbocycles. The number of nitrogens with two attached hydrogens (primary N) is 1. The Morgan fingerprint density at radius 2 is 2.19 bits per heavy atom. The average Bonchev–Trinajstić information content (AvgIpc) is 3.24. The highest BCUT2D eigenvalue weighted by Gasteiger charge is 2.42. The van der Waals surface area contributed by atoms with E-state index >= 15 is 0 Å². The van der Waals surface area contributed by atoms with E-state index in [1.54, 1.807) is 17.4 Å². The van der Waals surface area contributed by atoms with Gasteiger partial charge in [0.15, 0.2) is 0 Å². The Morgan fingerprint density at radius 3 is 2.89 bits per heavy atom. The standard InChI is InChI=1S/C18H19Cl2N3OS2.ClH/c19-13-8-11(22-9-10-4-3-7-25-10)16-15(23-13)14(20)17(26-16)18(24)6-2-1-5-12(18)21;/h3-4,7-8,12,24H,1-2,5-6,9,21H2,(H,22,23);1H/t12-,18+;/m0./s1. The summed E-state index contributed by atoms with van der Waals surface area (Å²) in [5, 5.41) is 17.6. The normalized spacial score (nSPS) is 22.6. The fraction of sp³-hybridized carbons (Fsp3) is 0.389. The number of anilines is 1. The number of pyridine rings is 1. The zero-order valence-corrected chi connectivity index (χ0v) is 18.3. The van der Waals surface area contributed by atoms with Crippen molar-refractivity contribution < 1.29 is 5.11 Å². The minimum absolute atomic E-state index is 0. The lowest BCUT2D eigenvalue weighted by Crippen LogP contribution is -2.47. The van der Waals surface area contributed by atoms with Crippen LogP contribution in [0.1, 0.15) is 35.4 Å². The van der Waals surface area contributed by atoms with E-state index in [0.717, 1.165) is 29.6 Å². The summed E-state index contributed by atoms with van der Waals surface area (Å²) < 4.78 is 0.900. The molecule has 2 atom stereocenters. The van der Waals surface area contributed by atoms with Gasteiger partial charge in [-0.15, -0.1) is 35.1 Å². The highest BCUT2D eigenvalue weighted by Crippen LogP contribution is 2.48. The molecule has 0 aromatic carbocycles. The molecule has 0 bridgehead atoms. The van der Waals surface area contributed by atoms with E-state index in [-0.39, 0.29) is 18.4 Å². The number of aromatic nitrogens is 1. The maximum Gasteiger partial charge on any atom is 0.131 e. The lowest BCUT2D eigenvalue weighted by Gasteiger charge is -2.37. The number of fused-ring (bicyclic) bond motifs is 1. The molecule has 4 N–H and O–H groups in total. The van der Waals surface area contributed by atoms with Crippen LogP contribution >= 0.6 is 58.3 Å². The maximum atomic E-state index is 11.3. The molecule has 3 aromatic heterocycles. The van der Waals surface area contributed by atoms with Gasteiger partial charge in [-0.3, -0.25) is 0 Å². The molecular formula is C18H20Cl3N3OS2. The van der Waals surface area contributed by atoms with Gasteiger partial charge in [-0.2, -0.15) is 0 Å². The summed E-state index contributed by atoms with van der Waals surface area (Å²) in [4.78, 5) is 6.34. The fourth-order valence-corrected chi connectivity index (χ4v) is 6.09. The van der Waals surface area contributed by atoms with Crippen LogP contribution in [0.25, 0.3) is 10.2 Å². The molecule has 0 aliphatic heterocycles. The highest BCUT2D eigenvalue weighted by atomic mass is 35.5. The van der Waals surface area contributed by atoms with Gasteiger partial charge in [-0.1, -0.05) is 42.1 Å². The van der Waals surface area contributed by atoms with Crippen LogP contribution in [0.5, 0.6) is 0 Å². The predicted molar refractivity (Wildman–Crippen MR) is 119 cm³/mol. The Balaban J connectivity index is 0.00000210. The molecule has 0 amide bonds. The molecule has 0 saturated heterocycles. The van der Waals surface area contributed by atoms with Crippen LogP contribution < -0.4 is 11.1 Å². The molecule has 1 aliphatic carbocycles. The molecule has 146 valence electrons. The predicted octanol–water partition coefficient (Wildman–Crippen LogP) is 5.79. The van der Waals surface area contributed by atoms with Gasteiger partial charge in [0.25, 0.3) is 0 Å². The van der Waals surface area contributed by atoms with Crippen molar-refractivity contribution in [3.8, 4) is 0 Å². The Kier molecular flexibility index (Phi) is 6.58. The number of nitrogens with zero attached hydrogens (tertiary/aromatic N) is 1. The number of thiophene rings is 2. The minimum atomic E-state index is -1.10. The summed E-state index contributed by atoms with van der Waals surface area (Å²) in [7, 11) is 0. The molecule has 0 spiro atoms. The minimum Gasteiger partial charge on any atom is -0.383 e. The van der Waals surface area contributed by atoms with Crippen LogP contribution in [0.4, 0.5) is 5.69 Å². The van der Waals surface area contributed by atoms with Crippen LogP contribution in [0, 0.1) is 0 Å². The molecule has 0 unspecified atom stereocenters. The monoisotopic (exact) mass is 463 g/mol. The third-order valence-corrected chi connectivity index (χ3v) is 7.85. The highest BCUT2D eigenvalue weighted by molar-refractivity contribution is 7.20. The largest absolute Gasteiger partial charge is 0.383 e. The van der Waals surface area contributed by atoms with Crippen LogP contribution in [-0.4, -0.2) is 16.1 Å². The first-order valence-electron chi connectivity index (χ1n) is 8.52. The number of aliphatic hydroxyl groups is 1. The van der Waals surface area contributed by atoms with Crippen molar-refractivity contribution in [3.63, 3.8) is 0 Å². The quantitative estimate of drug-likeness (QED) is 0.427. The first-order chi connectivity index (χ1) is 12.5. The second kappa shape index (κ2) is 8.41. The van der Waals surface area contributed by atoms with Crippen LogP contribution in [0.15, 0.2) is 23.6 Å². The molecule has 1 fully saturated rings. The lowest BCUT2D eigenvalue weighted by molar-refractivity contribution is -0.0158. The van der Waals surface area contributed by atoms with E-state index in [9.17, 15) is 5.11 Å². The first-order valence-corrected chi connectivity index (χ1v) is 11.0. The summed E-state index contributed by atoms with van der Waals surface area (Å²) in [6.45, 7) is 0.696. The molecule has 4 rings (SSSR count). The summed E-state index contributed by atoms with van der Waals surface area (Å²) in [5.74, 6) is 0. The maximum absolute atomic E-state index is 11.3. The number of hydrogen-bond acceptors (Lipinski definition) is 6. The van der Waals surface area contributed by atoms with Gasteiger partial charge < -0.3 is 16.2 Å². The Bertz CT molecular complexity index is 932. The third-order valence-electron chi connectivity index (χ3n) is 4.92. The van der Waals surface area contributed by atoms with Crippen molar-refractivity contribution in [2.24, 2.45) is 5.73 Å². The number of rotatable bonds is 4. The summed E-state index contributed by atoms with van der Waals surface area (Å²) in [6.07, 6.45) is 3.38. The molecule has 0 radical (unpaired) electrons. The van der Waals surface area contributed by atoms with E-state index < -0.39 is 5.60 Å². The van der Waals surface area contributed by atoms with Crippen molar-refractivity contribution in [1.29, 1.82) is 0 Å². The van der Waals surface area contributed by atoms with E-state index in [2.05, 4.69) is 16.4 Å². The third kappa shape index (κ3) is 3.94. The fourth-order valence-electron chi connectivity index (χ4n) is 3.48. The Hall–Kier alpha value is -0.600. The number of nitrogens with one attached hydrogen (secondary N) is 1. The van der Waals surface area contributed by atoms with Crippen LogP contribution in [-0.2, 0) is 12.1 Å². The van der Waals surface area contributed by atoms with Crippen LogP contribution in [0.2, 0.25) is 10.2 Å². The van der Waals surface area contributed by atoms with Gasteiger partial charge in [-0.05, 0) is 24.3 Å². The van der Waals surface area contributed by atoms with Crippen molar-refractivity contribution in [2.45, 2.75) is 43.9 Å². The molecule has 27 heavy (non-hydrogen) atoms. The second-order valence-corrected chi connectivity index (χ2v) is 9.44. The zero-order chi connectivity index (χ0) is 18.3. The molecule has 1 aliphatic rings. The summed E-state index contributed by atoms with van der Waals surface area (Å²) in [6, 6.07) is 5.59. The van der Waals surface area contributed by atoms with Gasteiger partial charge in [0, 0.05) is 23.5 Å². The summed E-state index contributed by atoms with van der Waals surface area (Å²) in [5.41, 5.74) is 6.66. The smallest absolute Gasteiger partial charge is 0.131 e. The molecule has 3 aromatic rings.